The number of halogens is 1. The standard InChI is InChI=1S/C18H24ClN3O2/c1-12(17-10-13-9-14(19)3-4-16(13)24-17)21-15-5-7-22(8-6-15)11-18(23)20-2/h3-4,9-10,12,15,21H,5-8,11H2,1-2H3,(H,20,23). The molecule has 0 bridgehead atoms. The number of nitrogens with one attached hydrogen (secondary N) is 2. The summed E-state index contributed by atoms with van der Waals surface area (Å²) >= 11 is 6.03. The highest BCUT2D eigenvalue weighted by atomic mass is 35.5. The molecule has 0 spiro atoms. The second-order valence-electron chi connectivity index (χ2n) is 6.44. The predicted octanol–water partition coefficient (Wildman–Crippen LogP) is 2.95. The van der Waals surface area contributed by atoms with Gasteiger partial charge < -0.3 is 15.1 Å². The average molecular weight is 350 g/mol. The minimum absolute atomic E-state index is 0.0794. The minimum atomic E-state index is 0.0794. The van der Waals surface area contributed by atoms with Gasteiger partial charge in [-0.2, -0.15) is 0 Å². The molecule has 1 saturated heterocycles. The van der Waals surface area contributed by atoms with Gasteiger partial charge in [0.2, 0.25) is 5.91 Å². The van der Waals surface area contributed by atoms with Gasteiger partial charge in [-0.1, -0.05) is 11.6 Å². The maximum Gasteiger partial charge on any atom is 0.233 e. The van der Waals surface area contributed by atoms with Crippen LogP contribution in [0.15, 0.2) is 28.7 Å². The van der Waals surface area contributed by atoms with Crippen LogP contribution in [0.5, 0.6) is 0 Å². The molecular weight excluding hydrogens is 326 g/mol. The second kappa shape index (κ2) is 7.55. The first-order valence-corrected chi connectivity index (χ1v) is 8.81. The number of rotatable bonds is 5. The molecule has 3 rings (SSSR count). The van der Waals surface area contributed by atoms with Crippen molar-refractivity contribution in [3.8, 4) is 0 Å². The van der Waals surface area contributed by atoms with Crippen LogP contribution in [0.4, 0.5) is 0 Å². The Bertz CT molecular complexity index is 707. The van der Waals surface area contributed by atoms with E-state index < -0.39 is 0 Å². The van der Waals surface area contributed by atoms with E-state index in [1.165, 1.54) is 0 Å². The van der Waals surface area contributed by atoms with Gasteiger partial charge in [0.25, 0.3) is 0 Å². The first kappa shape index (κ1) is 17.3. The number of benzene rings is 1. The number of likely N-dealkylation sites (N-methyl/N-ethyl adjacent to an activating group) is 1. The van der Waals surface area contributed by atoms with Crippen LogP contribution in [0.1, 0.15) is 31.6 Å². The van der Waals surface area contributed by atoms with Crippen molar-refractivity contribution in [1.82, 2.24) is 15.5 Å². The van der Waals surface area contributed by atoms with Gasteiger partial charge in [-0.15, -0.1) is 0 Å². The van der Waals surface area contributed by atoms with Gasteiger partial charge in [0.1, 0.15) is 11.3 Å². The molecule has 2 aromatic rings. The topological polar surface area (TPSA) is 57.5 Å². The summed E-state index contributed by atoms with van der Waals surface area (Å²) in [6.07, 6.45) is 2.07. The molecule has 1 unspecified atom stereocenters. The monoisotopic (exact) mass is 349 g/mol. The number of nitrogens with zero attached hydrogens (tertiary/aromatic N) is 1. The van der Waals surface area contributed by atoms with E-state index >= 15 is 0 Å². The van der Waals surface area contributed by atoms with Gasteiger partial charge in [0.05, 0.1) is 12.6 Å². The molecule has 130 valence electrons. The third kappa shape index (κ3) is 4.09. The van der Waals surface area contributed by atoms with Crippen molar-refractivity contribution in [2.45, 2.75) is 31.8 Å². The zero-order valence-electron chi connectivity index (χ0n) is 14.1. The van der Waals surface area contributed by atoms with Crippen molar-refractivity contribution in [3.05, 3.63) is 35.0 Å². The second-order valence-corrected chi connectivity index (χ2v) is 6.88. The molecule has 0 aliphatic carbocycles. The molecule has 1 aliphatic rings. The molecule has 0 saturated carbocycles. The van der Waals surface area contributed by atoms with E-state index in [0.717, 1.165) is 47.7 Å². The summed E-state index contributed by atoms with van der Waals surface area (Å²) in [4.78, 5) is 13.6. The molecule has 6 heteroatoms. The van der Waals surface area contributed by atoms with E-state index in [9.17, 15) is 4.79 Å². The molecule has 0 radical (unpaired) electrons. The summed E-state index contributed by atoms with van der Waals surface area (Å²) in [6.45, 7) is 4.49. The molecule has 1 amide bonds. The summed E-state index contributed by atoms with van der Waals surface area (Å²) in [5.74, 6) is 1.01. The number of carbonyl (C=O) groups excluding carboxylic acids is 1. The van der Waals surface area contributed by atoms with Crippen LogP contribution in [-0.2, 0) is 4.79 Å². The van der Waals surface area contributed by atoms with E-state index in [1.807, 2.05) is 18.2 Å². The molecule has 1 aromatic heterocycles. The lowest BCUT2D eigenvalue weighted by Crippen LogP contribution is -2.46. The van der Waals surface area contributed by atoms with Gasteiger partial charge >= 0.3 is 0 Å². The number of likely N-dealkylation sites (tertiary alicyclic amines) is 1. The van der Waals surface area contributed by atoms with Crippen LogP contribution in [0.3, 0.4) is 0 Å². The summed E-state index contributed by atoms with van der Waals surface area (Å²) in [5.41, 5.74) is 0.864. The minimum Gasteiger partial charge on any atom is -0.459 e. The summed E-state index contributed by atoms with van der Waals surface area (Å²) < 4.78 is 5.93. The first-order valence-electron chi connectivity index (χ1n) is 8.43. The highest BCUT2D eigenvalue weighted by molar-refractivity contribution is 6.31. The highest BCUT2D eigenvalue weighted by Crippen LogP contribution is 2.27. The van der Waals surface area contributed by atoms with Gasteiger partial charge in [0, 0.05) is 36.6 Å². The van der Waals surface area contributed by atoms with Crippen LogP contribution in [-0.4, -0.2) is 43.5 Å². The van der Waals surface area contributed by atoms with Crippen molar-refractivity contribution in [3.63, 3.8) is 0 Å². The number of piperidine rings is 1. The lowest BCUT2D eigenvalue weighted by Gasteiger charge is -2.33. The van der Waals surface area contributed by atoms with Gasteiger partial charge in [0.15, 0.2) is 0 Å². The third-order valence-electron chi connectivity index (χ3n) is 4.64. The highest BCUT2D eigenvalue weighted by Gasteiger charge is 2.23. The zero-order valence-corrected chi connectivity index (χ0v) is 14.9. The molecule has 2 N–H and O–H groups in total. The van der Waals surface area contributed by atoms with E-state index in [0.29, 0.717) is 12.6 Å². The van der Waals surface area contributed by atoms with Crippen LogP contribution in [0, 0.1) is 0 Å². The summed E-state index contributed by atoms with van der Waals surface area (Å²) in [5, 5.41) is 8.08. The van der Waals surface area contributed by atoms with Crippen molar-refractivity contribution in [2.75, 3.05) is 26.7 Å². The van der Waals surface area contributed by atoms with Gasteiger partial charge in [-0.05, 0) is 44.0 Å². The van der Waals surface area contributed by atoms with E-state index in [2.05, 4.69) is 28.5 Å². The number of fused-ring (bicyclic) bond motifs is 1. The van der Waals surface area contributed by atoms with E-state index in [1.54, 1.807) is 7.05 Å². The molecule has 24 heavy (non-hydrogen) atoms. The molecule has 5 nitrogen and oxygen atoms in total. The number of hydrogen-bond donors (Lipinski definition) is 2. The Hall–Kier alpha value is -1.56. The van der Waals surface area contributed by atoms with Crippen molar-refractivity contribution < 1.29 is 9.21 Å². The predicted molar refractivity (Wildman–Crippen MR) is 96.3 cm³/mol. The van der Waals surface area contributed by atoms with E-state index in [-0.39, 0.29) is 11.9 Å². The molecule has 1 aromatic carbocycles. The average Bonchev–Trinajstić information content (AvgIpc) is 2.99. The zero-order chi connectivity index (χ0) is 17.1. The van der Waals surface area contributed by atoms with Crippen LogP contribution in [0.25, 0.3) is 11.0 Å². The molecule has 1 fully saturated rings. The lowest BCUT2D eigenvalue weighted by molar-refractivity contribution is -0.122. The molecule has 1 atom stereocenters. The van der Waals surface area contributed by atoms with Crippen LogP contribution >= 0.6 is 11.6 Å². The van der Waals surface area contributed by atoms with Crippen LogP contribution in [0.2, 0.25) is 5.02 Å². The lowest BCUT2D eigenvalue weighted by atomic mass is 10.0. The van der Waals surface area contributed by atoms with E-state index in [4.69, 9.17) is 16.0 Å². The Morgan fingerprint density at radius 2 is 2.12 bits per heavy atom. The smallest absolute Gasteiger partial charge is 0.233 e. The van der Waals surface area contributed by atoms with Gasteiger partial charge in [-0.25, -0.2) is 0 Å². The summed E-state index contributed by atoms with van der Waals surface area (Å²) in [6, 6.07) is 8.32. The quantitative estimate of drug-likeness (QED) is 0.871. The first-order chi connectivity index (χ1) is 11.5. The molecule has 1 aliphatic heterocycles. The Kier molecular flexibility index (Phi) is 5.43. The normalized spacial score (nSPS) is 18.0. The maximum absolute atomic E-state index is 11.4. The Balaban J connectivity index is 1.55. The largest absolute Gasteiger partial charge is 0.459 e. The van der Waals surface area contributed by atoms with Crippen molar-refractivity contribution >= 4 is 28.5 Å². The van der Waals surface area contributed by atoms with Gasteiger partial charge in [-0.3, -0.25) is 9.69 Å². The fraction of sp³-hybridized carbons (Fsp3) is 0.500. The van der Waals surface area contributed by atoms with Crippen molar-refractivity contribution in [1.29, 1.82) is 0 Å². The summed E-state index contributed by atoms with van der Waals surface area (Å²) in [7, 11) is 1.68. The fourth-order valence-electron chi connectivity index (χ4n) is 3.22. The number of amides is 1. The Labute approximate surface area is 147 Å². The SMILES string of the molecule is CNC(=O)CN1CCC(NC(C)c2cc3cc(Cl)ccc3o2)CC1. The Morgan fingerprint density at radius 1 is 1.38 bits per heavy atom. The van der Waals surface area contributed by atoms with Crippen LogP contribution < -0.4 is 10.6 Å². The maximum atomic E-state index is 11.4. The fourth-order valence-corrected chi connectivity index (χ4v) is 3.40. The number of carbonyl (C=O) groups is 1. The third-order valence-corrected chi connectivity index (χ3v) is 4.88. The molecular formula is C18H24ClN3O2. The van der Waals surface area contributed by atoms with Crippen molar-refractivity contribution in [2.24, 2.45) is 0 Å². The number of hydrogen-bond acceptors (Lipinski definition) is 4. The molecule has 2 heterocycles. The number of furan rings is 1. The Morgan fingerprint density at radius 3 is 2.83 bits per heavy atom.